The summed E-state index contributed by atoms with van der Waals surface area (Å²) < 4.78 is 15.0. The highest BCUT2D eigenvalue weighted by atomic mass is 35.5. The minimum atomic E-state index is -0.741. The SMILES string of the molecule is COC(=O)c1ccccc1NC(=O)c1sc(NC(=O)COc2ccc(Cl)cc2Cl)c(C(=O)OC)c1C. The number of methoxy groups -OCH3 is 2. The summed E-state index contributed by atoms with van der Waals surface area (Å²) in [6, 6.07) is 10.8. The average Bonchev–Trinajstić information content (AvgIpc) is 3.18. The van der Waals surface area contributed by atoms with Crippen molar-refractivity contribution in [3.05, 3.63) is 74.1 Å². The fourth-order valence-electron chi connectivity index (χ4n) is 3.12. The highest BCUT2D eigenvalue weighted by Gasteiger charge is 2.27. The molecule has 2 aromatic carbocycles. The maximum Gasteiger partial charge on any atom is 0.341 e. The van der Waals surface area contributed by atoms with Gasteiger partial charge < -0.3 is 24.8 Å². The van der Waals surface area contributed by atoms with E-state index in [0.717, 1.165) is 11.3 Å². The van der Waals surface area contributed by atoms with E-state index in [2.05, 4.69) is 10.6 Å². The Bertz CT molecular complexity index is 1340. The molecule has 1 aromatic heterocycles. The average molecular weight is 551 g/mol. The molecule has 1 heterocycles. The summed E-state index contributed by atoms with van der Waals surface area (Å²) >= 11 is 12.8. The van der Waals surface area contributed by atoms with E-state index in [0.29, 0.717) is 5.02 Å². The van der Waals surface area contributed by atoms with Crippen LogP contribution in [0.25, 0.3) is 0 Å². The third-order valence-corrected chi connectivity index (χ3v) is 6.57. The van der Waals surface area contributed by atoms with Gasteiger partial charge in [-0.3, -0.25) is 9.59 Å². The van der Waals surface area contributed by atoms with Gasteiger partial charge in [-0.15, -0.1) is 11.3 Å². The van der Waals surface area contributed by atoms with Crippen LogP contribution in [0, 0.1) is 6.92 Å². The van der Waals surface area contributed by atoms with E-state index in [1.54, 1.807) is 25.1 Å². The number of ether oxygens (including phenoxy) is 3. The Morgan fingerprint density at radius 3 is 2.31 bits per heavy atom. The van der Waals surface area contributed by atoms with Crippen LogP contribution in [0.5, 0.6) is 5.75 Å². The topological polar surface area (TPSA) is 120 Å². The molecule has 0 aliphatic rings. The fourth-order valence-corrected chi connectivity index (χ4v) is 4.69. The zero-order chi connectivity index (χ0) is 26.4. The molecule has 0 aliphatic heterocycles. The molecule has 0 unspecified atom stereocenters. The van der Waals surface area contributed by atoms with Gasteiger partial charge in [0.25, 0.3) is 11.8 Å². The van der Waals surface area contributed by atoms with Gasteiger partial charge in [0.05, 0.1) is 40.9 Å². The predicted octanol–water partition coefficient (Wildman–Crippen LogP) is 5.21. The summed E-state index contributed by atoms with van der Waals surface area (Å²) in [7, 11) is 2.41. The minimum Gasteiger partial charge on any atom is -0.482 e. The molecule has 188 valence electrons. The molecule has 12 heteroatoms. The normalized spacial score (nSPS) is 10.4. The van der Waals surface area contributed by atoms with E-state index in [4.69, 9.17) is 37.4 Å². The summed E-state index contributed by atoms with van der Waals surface area (Å²) in [5.41, 5.74) is 0.687. The van der Waals surface area contributed by atoms with Gasteiger partial charge in [-0.05, 0) is 42.8 Å². The van der Waals surface area contributed by atoms with E-state index in [1.165, 1.54) is 38.5 Å². The molecule has 36 heavy (non-hydrogen) atoms. The molecular weight excluding hydrogens is 531 g/mol. The maximum absolute atomic E-state index is 13.1. The van der Waals surface area contributed by atoms with Crippen molar-refractivity contribution in [1.29, 1.82) is 0 Å². The molecule has 0 saturated carbocycles. The number of amides is 2. The number of hydrogen-bond donors (Lipinski definition) is 2. The molecule has 2 amide bonds. The van der Waals surface area contributed by atoms with Crippen LogP contribution in [-0.2, 0) is 14.3 Å². The molecule has 0 spiro atoms. The zero-order valence-corrected chi connectivity index (χ0v) is 21.6. The van der Waals surface area contributed by atoms with E-state index in [-0.39, 0.29) is 43.0 Å². The largest absolute Gasteiger partial charge is 0.482 e. The molecule has 3 aromatic rings. The lowest BCUT2D eigenvalue weighted by atomic mass is 10.1. The number of para-hydroxylation sites is 1. The lowest BCUT2D eigenvalue weighted by Crippen LogP contribution is -2.21. The van der Waals surface area contributed by atoms with E-state index < -0.39 is 30.4 Å². The predicted molar refractivity (Wildman–Crippen MR) is 137 cm³/mol. The van der Waals surface area contributed by atoms with Crippen molar-refractivity contribution in [3.8, 4) is 5.75 Å². The molecule has 0 saturated heterocycles. The molecular formula is C24H20Cl2N2O7S. The lowest BCUT2D eigenvalue weighted by molar-refractivity contribution is -0.118. The smallest absolute Gasteiger partial charge is 0.341 e. The van der Waals surface area contributed by atoms with Crippen LogP contribution in [0.2, 0.25) is 10.0 Å². The van der Waals surface area contributed by atoms with Crippen LogP contribution in [0.4, 0.5) is 10.7 Å². The lowest BCUT2D eigenvalue weighted by Gasteiger charge is -2.09. The van der Waals surface area contributed by atoms with Crippen LogP contribution in [0.3, 0.4) is 0 Å². The second kappa shape index (κ2) is 11.9. The van der Waals surface area contributed by atoms with Crippen LogP contribution in [-0.4, -0.2) is 44.6 Å². The molecule has 0 atom stereocenters. The summed E-state index contributed by atoms with van der Waals surface area (Å²) in [5, 5.41) is 5.96. The Hall–Kier alpha value is -3.60. The standard InChI is InChI=1S/C24H20Cl2N2O7S/c1-12-19(24(32)34-3)22(28-18(29)11-35-17-9-8-13(25)10-15(17)26)36-20(12)21(30)27-16-7-5-4-6-14(16)23(31)33-2/h4-10H,11H2,1-3H3,(H,27,30)(H,28,29). The second-order valence-electron chi connectivity index (χ2n) is 7.15. The van der Waals surface area contributed by atoms with Crippen LogP contribution < -0.4 is 15.4 Å². The second-order valence-corrected chi connectivity index (χ2v) is 9.02. The number of carbonyl (C=O) groups is 4. The van der Waals surface area contributed by atoms with Crippen molar-refractivity contribution in [1.82, 2.24) is 0 Å². The molecule has 2 N–H and O–H groups in total. The number of hydrogen-bond acceptors (Lipinski definition) is 8. The summed E-state index contributed by atoms with van der Waals surface area (Å²) in [6.07, 6.45) is 0. The van der Waals surface area contributed by atoms with Crippen molar-refractivity contribution in [2.75, 3.05) is 31.5 Å². The summed E-state index contributed by atoms with van der Waals surface area (Å²) in [6.45, 7) is 1.12. The van der Waals surface area contributed by atoms with E-state index in [9.17, 15) is 19.2 Å². The molecule has 0 bridgehead atoms. The number of anilines is 2. The number of rotatable bonds is 8. The monoisotopic (exact) mass is 550 g/mol. The van der Waals surface area contributed by atoms with E-state index >= 15 is 0 Å². The number of carbonyl (C=O) groups excluding carboxylic acids is 4. The molecule has 9 nitrogen and oxygen atoms in total. The number of thiophene rings is 1. The van der Waals surface area contributed by atoms with Gasteiger partial charge in [-0.1, -0.05) is 35.3 Å². The van der Waals surface area contributed by atoms with Gasteiger partial charge in [-0.2, -0.15) is 0 Å². The minimum absolute atomic E-state index is 0.0202. The number of benzene rings is 2. The highest BCUT2D eigenvalue weighted by molar-refractivity contribution is 7.19. The molecule has 0 fully saturated rings. The fraction of sp³-hybridized carbons (Fsp3) is 0.167. The highest BCUT2D eigenvalue weighted by Crippen LogP contribution is 2.35. The molecule has 0 radical (unpaired) electrons. The third kappa shape index (κ3) is 6.14. The van der Waals surface area contributed by atoms with E-state index in [1.807, 2.05) is 0 Å². The first-order valence-electron chi connectivity index (χ1n) is 10.2. The van der Waals surface area contributed by atoms with Crippen LogP contribution in [0.15, 0.2) is 42.5 Å². The first-order valence-corrected chi connectivity index (χ1v) is 11.8. The van der Waals surface area contributed by atoms with Gasteiger partial charge in [-0.25, -0.2) is 9.59 Å². The van der Waals surface area contributed by atoms with Crippen LogP contribution in [0.1, 0.15) is 36.0 Å². The molecule has 0 aliphatic carbocycles. The van der Waals surface area contributed by atoms with Crippen molar-refractivity contribution >= 4 is 69.0 Å². The zero-order valence-electron chi connectivity index (χ0n) is 19.3. The maximum atomic E-state index is 13.1. The Morgan fingerprint density at radius 2 is 1.64 bits per heavy atom. The summed E-state index contributed by atoms with van der Waals surface area (Å²) in [5.74, 6) is -2.32. The quantitative estimate of drug-likeness (QED) is 0.369. The first kappa shape index (κ1) is 27.0. The van der Waals surface area contributed by atoms with Gasteiger partial charge >= 0.3 is 11.9 Å². The number of esters is 2. The van der Waals surface area contributed by atoms with Crippen LogP contribution >= 0.6 is 34.5 Å². The first-order chi connectivity index (χ1) is 17.2. The number of nitrogens with one attached hydrogen (secondary N) is 2. The van der Waals surface area contributed by atoms with Gasteiger partial charge in [0.15, 0.2) is 6.61 Å². The third-order valence-electron chi connectivity index (χ3n) is 4.83. The summed E-state index contributed by atoms with van der Waals surface area (Å²) in [4.78, 5) is 50.2. The Kier molecular flexibility index (Phi) is 8.92. The van der Waals surface area contributed by atoms with Crippen molar-refractivity contribution < 1.29 is 33.4 Å². The molecule has 3 rings (SSSR count). The Labute approximate surface area is 220 Å². The van der Waals surface area contributed by atoms with Crippen molar-refractivity contribution in [3.63, 3.8) is 0 Å². The number of halogens is 2. The van der Waals surface area contributed by atoms with Crippen molar-refractivity contribution in [2.24, 2.45) is 0 Å². The Balaban J connectivity index is 1.83. The van der Waals surface area contributed by atoms with Crippen molar-refractivity contribution in [2.45, 2.75) is 6.92 Å². The van der Waals surface area contributed by atoms with Gasteiger partial charge in [0.1, 0.15) is 10.8 Å². The Morgan fingerprint density at radius 1 is 0.944 bits per heavy atom. The van der Waals surface area contributed by atoms with Gasteiger partial charge in [0.2, 0.25) is 0 Å². The van der Waals surface area contributed by atoms with Gasteiger partial charge in [0, 0.05) is 5.02 Å².